The van der Waals surface area contributed by atoms with E-state index in [1.165, 1.54) is 6.92 Å². The molecule has 0 aromatic rings. The highest BCUT2D eigenvalue weighted by Crippen LogP contribution is 2.71. The maximum atomic E-state index is 14.1. The maximum Gasteiger partial charge on any atom is 0.306 e. The highest BCUT2D eigenvalue weighted by atomic mass is 16.4. The molecule has 0 amide bonds. The molecule has 0 spiro atoms. The molecule has 0 unspecified atom stereocenters. The lowest BCUT2D eigenvalue weighted by Crippen LogP contribution is -2.61. The fourth-order valence-electron chi connectivity index (χ4n) is 9.35. The summed E-state index contributed by atoms with van der Waals surface area (Å²) in [4.78, 5) is 39.3. The smallest absolute Gasteiger partial charge is 0.306 e. The average molecular weight is 535 g/mol. The largest absolute Gasteiger partial charge is 0.481 e. The zero-order chi connectivity index (χ0) is 28.8. The van der Waals surface area contributed by atoms with Gasteiger partial charge in [-0.15, -0.1) is 0 Å². The molecule has 0 aromatic carbocycles. The number of aliphatic carboxylic acids is 1. The van der Waals surface area contributed by atoms with Gasteiger partial charge in [0.05, 0.1) is 35.2 Å². The number of rotatable bonds is 6. The standard InChI is InChI=1S/C30H46O8/c1-15(25(36)37)10-16(31)13-29(6,38)20-12-22(35)30(7)24-17(32)11-19-26(2,3)21(34)8-9-27(19,4)23(24)18(33)14-28(20,30)5/h15-17,19-21,31-32,34,38H,8-14H2,1-7H3,(H,36,37)/t15-,16-,17+,19+,20+,21+,27+,28-,29+,30+/m1/s1. The van der Waals surface area contributed by atoms with Crippen molar-refractivity contribution in [1.29, 1.82) is 0 Å². The van der Waals surface area contributed by atoms with Gasteiger partial charge in [0.25, 0.3) is 0 Å². The van der Waals surface area contributed by atoms with Crippen molar-refractivity contribution in [3.8, 4) is 0 Å². The molecule has 0 aliphatic heterocycles. The van der Waals surface area contributed by atoms with E-state index >= 15 is 0 Å². The molecule has 0 aromatic heterocycles. The topological polar surface area (TPSA) is 152 Å². The lowest BCUT2D eigenvalue weighted by molar-refractivity contribution is -0.148. The number of aliphatic hydroxyl groups excluding tert-OH is 3. The lowest BCUT2D eigenvalue weighted by atomic mass is 9.42. The number of hydrogen-bond donors (Lipinski definition) is 5. The number of carboxylic acid groups (broad SMARTS) is 1. The summed E-state index contributed by atoms with van der Waals surface area (Å²) in [6.45, 7) is 12.7. The van der Waals surface area contributed by atoms with Crippen LogP contribution in [-0.2, 0) is 14.4 Å². The summed E-state index contributed by atoms with van der Waals surface area (Å²) in [5, 5.41) is 54.0. The highest BCUT2D eigenvalue weighted by Gasteiger charge is 2.71. The van der Waals surface area contributed by atoms with E-state index in [4.69, 9.17) is 0 Å². The molecule has 10 atom stereocenters. The van der Waals surface area contributed by atoms with Crippen LogP contribution in [0.1, 0.15) is 93.4 Å². The Morgan fingerprint density at radius 3 is 2.32 bits per heavy atom. The minimum Gasteiger partial charge on any atom is -0.481 e. The first kappa shape index (κ1) is 29.4. The van der Waals surface area contributed by atoms with Crippen molar-refractivity contribution < 1.29 is 39.9 Å². The predicted octanol–water partition coefficient (Wildman–Crippen LogP) is 3.04. The van der Waals surface area contributed by atoms with Crippen LogP contribution >= 0.6 is 0 Å². The summed E-state index contributed by atoms with van der Waals surface area (Å²) in [6.07, 6.45) is -1.30. The van der Waals surface area contributed by atoms with Crippen LogP contribution in [0.3, 0.4) is 0 Å². The molecule has 0 heterocycles. The third-order valence-corrected chi connectivity index (χ3v) is 11.7. The van der Waals surface area contributed by atoms with Crippen molar-refractivity contribution in [3.63, 3.8) is 0 Å². The number of carboxylic acids is 1. The number of ketones is 2. The lowest BCUT2D eigenvalue weighted by Gasteiger charge is -2.62. The summed E-state index contributed by atoms with van der Waals surface area (Å²) in [7, 11) is 0. The molecule has 2 fully saturated rings. The van der Waals surface area contributed by atoms with Crippen LogP contribution in [0, 0.1) is 39.4 Å². The normalized spacial score (nSPS) is 43.6. The molecule has 8 heteroatoms. The molecule has 214 valence electrons. The van der Waals surface area contributed by atoms with Gasteiger partial charge in [-0.3, -0.25) is 14.4 Å². The van der Waals surface area contributed by atoms with Gasteiger partial charge in [-0.1, -0.05) is 34.6 Å². The summed E-state index contributed by atoms with van der Waals surface area (Å²) in [5.74, 6) is -2.87. The number of aliphatic hydroxyl groups is 4. The van der Waals surface area contributed by atoms with E-state index in [0.29, 0.717) is 30.4 Å². The van der Waals surface area contributed by atoms with Crippen molar-refractivity contribution >= 4 is 17.5 Å². The first-order valence-electron chi connectivity index (χ1n) is 14.1. The van der Waals surface area contributed by atoms with E-state index in [9.17, 15) is 39.9 Å². The second kappa shape index (κ2) is 8.95. The number of fused-ring (bicyclic) bond motifs is 4. The Bertz CT molecular complexity index is 1070. The number of hydrogen-bond acceptors (Lipinski definition) is 7. The second-order valence-electron chi connectivity index (χ2n) is 14.4. The van der Waals surface area contributed by atoms with Crippen LogP contribution < -0.4 is 0 Å². The quantitative estimate of drug-likeness (QED) is 0.349. The van der Waals surface area contributed by atoms with Crippen molar-refractivity contribution in [1.82, 2.24) is 0 Å². The van der Waals surface area contributed by atoms with E-state index in [1.807, 2.05) is 34.6 Å². The van der Waals surface area contributed by atoms with Gasteiger partial charge < -0.3 is 25.5 Å². The zero-order valence-electron chi connectivity index (χ0n) is 23.9. The van der Waals surface area contributed by atoms with Gasteiger partial charge in [-0.25, -0.2) is 0 Å². The minimum absolute atomic E-state index is 0.00232. The van der Waals surface area contributed by atoms with Crippen molar-refractivity contribution in [2.24, 2.45) is 39.4 Å². The Labute approximate surface area is 225 Å². The van der Waals surface area contributed by atoms with Gasteiger partial charge in [0.1, 0.15) is 5.78 Å². The first-order chi connectivity index (χ1) is 17.2. The Morgan fingerprint density at radius 1 is 1.13 bits per heavy atom. The molecule has 4 aliphatic carbocycles. The molecule has 0 bridgehead atoms. The van der Waals surface area contributed by atoms with E-state index < -0.39 is 63.4 Å². The summed E-state index contributed by atoms with van der Waals surface area (Å²) in [5.41, 5.74) is -3.75. The molecule has 4 rings (SSSR count). The molecular formula is C30H46O8. The van der Waals surface area contributed by atoms with Gasteiger partial charge >= 0.3 is 5.97 Å². The number of allylic oxidation sites excluding steroid dienone is 1. The molecule has 8 nitrogen and oxygen atoms in total. The maximum absolute atomic E-state index is 14.1. The minimum atomic E-state index is -1.54. The van der Waals surface area contributed by atoms with Crippen molar-refractivity contribution in [2.75, 3.05) is 0 Å². The highest BCUT2D eigenvalue weighted by molar-refractivity contribution is 6.05. The third-order valence-electron chi connectivity index (χ3n) is 11.7. The van der Waals surface area contributed by atoms with Crippen LogP contribution in [0.15, 0.2) is 11.1 Å². The fourth-order valence-corrected chi connectivity index (χ4v) is 9.35. The Morgan fingerprint density at radius 2 is 1.74 bits per heavy atom. The molecule has 0 saturated heterocycles. The summed E-state index contributed by atoms with van der Waals surface area (Å²) >= 11 is 0. The van der Waals surface area contributed by atoms with E-state index in [1.54, 1.807) is 6.92 Å². The second-order valence-corrected chi connectivity index (χ2v) is 14.4. The van der Waals surface area contributed by atoms with Crippen LogP contribution in [0.5, 0.6) is 0 Å². The van der Waals surface area contributed by atoms with E-state index in [2.05, 4.69) is 0 Å². The van der Waals surface area contributed by atoms with Crippen molar-refractivity contribution in [2.45, 2.75) is 117 Å². The van der Waals surface area contributed by atoms with Crippen molar-refractivity contribution in [3.05, 3.63) is 11.1 Å². The van der Waals surface area contributed by atoms with E-state index in [-0.39, 0.29) is 43.2 Å². The van der Waals surface area contributed by atoms with Gasteiger partial charge in [-0.2, -0.15) is 0 Å². The van der Waals surface area contributed by atoms with Crippen LogP contribution in [0.4, 0.5) is 0 Å². The third kappa shape index (κ3) is 3.88. The van der Waals surface area contributed by atoms with Crippen LogP contribution in [0.2, 0.25) is 0 Å². The Hall–Kier alpha value is -1.61. The number of carbonyl (C=O) groups excluding carboxylic acids is 2. The van der Waals surface area contributed by atoms with Crippen LogP contribution in [-0.4, -0.2) is 67.0 Å². The SMILES string of the molecule is C[C@H](C[C@@H](O)C[C@](C)(O)[C@H]1CC(=O)[C@@]2(C)C3=C(C(=O)C[C@]12C)[C@@]1(C)CC[C@H](O)C(C)(C)[C@@H]1C[C@@H]3O)C(=O)O. The molecule has 0 radical (unpaired) electrons. The summed E-state index contributed by atoms with van der Waals surface area (Å²) in [6, 6.07) is 0. The van der Waals surface area contributed by atoms with Gasteiger partial charge in [0, 0.05) is 30.8 Å². The van der Waals surface area contributed by atoms with Gasteiger partial charge in [-0.05, 0) is 67.3 Å². The molecule has 5 N–H and O–H groups in total. The zero-order valence-corrected chi connectivity index (χ0v) is 23.9. The first-order valence-corrected chi connectivity index (χ1v) is 14.1. The Kier molecular flexibility index (Phi) is 6.92. The molecule has 2 saturated carbocycles. The monoisotopic (exact) mass is 534 g/mol. The van der Waals surface area contributed by atoms with Gasteiger partial charge in [0.2, 0.25) is 0 Å². The molecule has 4 aliphatic rings. The molecule has 38 heavy (non-hydrogen) atoms. The van der Waals surface area contributed by atoms with Crippen LogP contribution in [0.25, 0.3) is 0 Å². The number of carbonyl (C=O) groups is 3. The van der Waals surface area contributed by atoms with Gasteiger partial charge in [0.15, 0.2) is 5.78 Å². The number of Topliss-reactive ketones (excluding diaryl/α,β-unsaturated/α-hetero) is 2. The predicted molar refractivity (Wildman–Crippen MR) is 140 cm³/mol. The molecular weight excluding hydrogens is 488 g/mol. The Balaban J connectivity index is 1.78. The average Bonchev–Trinajstić information content (AvgIpc) is 2.99. The van der Waals surface area contributed by atoms with E-state index in [0.717, 1.165) is 0 Å². The summed E-state index contributed by atoms with van der Waals surface area (Å²) < 4.78 is 0. The fraction of sp³-hybridized carbons (Fsp3) is 0.833.